The summed E-state index contributed by atoms with van der Waals surface area (Å²) in [6.45, 7) is 2.63. The lowest BCUT2D eigenvalue weighted by molar-refractivity contribution is 0.283. The van der Waals surface area contributed by atoms with Crippen LogP contribution in [-0.4, -0.2) is 23.2 Å². The van der Waals surface area contributed by atoms with E-state index in [4.69, 9.17) is 5.11 Å². The summed E-state index contributed by atoms with van der Waals surface area (Å²) in [5.41, 5.74) is 0. The predicted octanol–water partition coefficient (Wildman–Crippen LogP) is 4.24. The molecule has 15 heavy (non-hydrogen) atoms. The number of aliphatic hydroxyl groups is 1. The van der Waals surface area contributed by atoms with E-state index in [0.717, 1.165) is 6.42 Å². The van der Waals surface area contributed by atoms with E-state index in [-0.39, 0.29) is 0 Å². The van der Waals surface area contributed by atoms with Crippen molar-refractivity contribution in [2.24, 2.45) is 0 Å². The van der Waals surface area contributed by atoms with Gasteiger partial charge in [-0.05, 0) is 30.8 Å². The highest BCUT2D eigenvalue weighted by Gasteiger charge is 1.92. The molecule has 92 valence electrons. The minimum Gasteiger partial charge on any atom is -0.396 e. The summed E-state index contributed by atoms with van der Waals surface area (Å²) in [5.74, 6) is 2.67. The Balaban J connectivity index is 2.81. The summed E-state index contributed by atoms with van der Waals surface area (Å²) in [6.07, 6.45) is 11.8. The number of hydrogen-bond acceptors (Lipinski definition) is 2. The van der Waals surface area contributed by atoms with Crippen LogP contribution in [0.15, 0.2) is 0 Å². The van der Waals surface area contributed by atoms with Crippen LogP contribution in [0.5, 0.6) is 0 Å². The van der Waals surface area contributed by atoms with Crippen molar-refractivity contribution in [2.75, 3.05) is 18.1 Å². The second kappa shape index (κ2) is 14.3. The first-order valence-electron chi connectivity index (χ1n) is 6.60. The standard InChI is InChI=1S/C13H28OS/c1-2-3-4-6-9-12-15-13-10-7-5-8-11-14/h14H,2-13H2,1H3. The van der Waals surface area contributed by atoms with Crippen LogP contribution in [0.1, 0.15) is 64.7 Å². The van der Waals surface area contributed by atoms with Crippen LogP contribution in [0.3, 0.4) is 0 Å². The second-order valence-electron chi connectivity index (χ2n) is 4.16. The van der Waals surface area contributed by atoms with Gasteiger partial charge in [-0.25, -0.2) is 0 Å². The first kappa shape index (κ1) is 15.3. The highest BCUT2D eigenvalue weighted by atomic mass is 32.2. The molecule has 0 heterocycles. The van der Waals surface area contributed by atoms with Crippen molar-refractivity contribution in [3.8, 4) is 0 Å². The zero-order valence-corrected chi connectivity index (χ0v) is 11.2. The molecule has 0 aliphatic heterocycles. The SMILES string of the molecule is CCCCCCCSCCCCCCO. The van der Waals surface area contributed by atoms with Gasteiger partial charge in [0, 0.05) is 6.61 Å². The molecule has 0 bridgehead atoms. The highest BCUT2D eigenvalue weighted by molar-refractivity contribution is 7.99. The van der Waals surface area contributed by atoms with Crippen molar-refractivity contribution >= 4 is 11.8 Å². The van der Waals surface area contributed by atoms with Crippen molar-refractivity contribution in [1.29, 1.82) is 0 Å². The van der Waals surface area contributed by atoms with Gasteiger partial charge in [0.2, 0.25) is 0 Å². The Morgan fingerprint density at radius 1 is 0.733 bits per heavy atom. The van der Waals surface area contributed by atoms with Crippen LogP contribution >= 0.6 is 11.8 Å². The van der Waals surface area contributed by atoms with Gasteiger partial charge in [0.1, 0.15) is 0 Å². The topological polar surface area (TPSA) is 20.2 Å². The molecule has 0 saturated carbocycles. The first-order valence-corrected chi connectivity index (χ1v) is 7.76. The molecule has 0 aromatic carbocycles. The Hall–Kier alpha value is 0.310. The summed E-state index contributed by atoms with van der Waals surface area (Å²) in [5, 5.41) is 8.60. The molecule has 0 saturated heterocycles. The molecule has 0 aliphatic rings. The summed E-state index contributed by atoms with van der Waals surface area (Å²) >= 11 is 2.11. The van der Waals surface area contributed by atoms with Crippen molar-refractivity contribution in [3.05, 3.63) is 0 Å². The molecule has 1 nitrogen and oxygen atoms in total. The average Bonchev–Trinajstić information content (AvgIpc) is 2.26. The normalized spacial score (nSPS) is 10.8. The third kappa shape index (κ3) is 14.3. The quantitative estimate of drug-likeness (QED) is 0.508. The van der Waals surface area contributed by atoms with Gasteiger partial charge in [0.05, 0.1) is 0 Å². The van der Waals surface area contributed by atoms with E-state index in [1.54, 1.807) is 0 Å². The fraction of sp³-hybridized carbons (Fsp3) is 1.00. The molecule has 1 N–H and O–H groups in total. The molecule has 0 aromatic heterocycles. The molecule has 0 fully saturated rings. The Labute approximate surface area is 100 Å². The van der Waals surface area contributed by atoms with Gasteiger partial charge in [-0.2, -0.15) is 11.8 Å². The van der Waals surface area contributed by atoms with Crippen LogP contribution in [0.25, 0.3) is 0 Å². The van der Waals surface area contributed by atoms with Gasteiger partial charge in [0.15, 0.2) is 0 Å². The van der Waals surface area contributed by atoms with Gasteiger partial charge < -0.3 is 5.11 Å². The molecule has 0 aliphatic carbocycles. The van der Waals surface area contributed by atoms with Gasteiger partial charge in [0.25, 0.3) is 0 Å². The van der Waals surface area contributed by atoms with Gasteiger partial charge in [-0.1, -0.05) is 45.4 Å². The van der Waals surface area contributed by atoms with E-state index in [0.29, 0.717) is 6.61 Å². The molecule has 0 aromatic rings. The summed E-state index contributed by atoms with van der Waals surface area (Å²) in [4.78, 5) is 0. The molecule has 2 heteroatoms. The smallest absolute Gasteiger partial charge is 0.0431 e. The fourth-order valence-electron chi connectivity index (χ4n) is 1.58. The van der Waals surface area contributed by atoms with Crippen molar-refractivity contribution in [3.63, 3.8) is 0 Å². The van der Waals surface area contributed by atoms with Crippen molar-refractivity contribution in [1.82, 2.24) is 0 Å². The number of rotatable bonds is 12. The Kier molecular flexibility index (Phi) is 14.6. The lowest BCUT2D eigenvalue weighted by Gasteiger charge is -2.01. The molecule has 0 amide bonds. The van der Waals surface area contributed by atoms with E-state index < -0.39 is 0 Å². The zero-order chi connectivity index (χ0) is 11.2. The maximum absolute atomic E-state index is 8.60. The van der Waals surface area contributed by atoms with E-state index >= 15 is 0 Å². The average molecular weight is 232 g/mol. The molecule has 0 spiro atoms. The maximum atomic E-state index is 8.60. The van der Waals surface area contributed by atoms with Crippen LogP contribution in [0.4, 0.5) is 0 Å². The van der Waals surface area contributed by atoms with Gasteiger partial charge in [-0.3, -0.25) is 0 Å². The Morgan fingerprint density at radius 2 is 1.27 bits per heavy atom. The lowest BCUT2D eigenvalue weighted by atomic mass is 10.2. The zero-order valence-electron chi connectivity index (χ0n) is 10.3. The highest BCUT2D eigenvalue weighted by Crippen LogP contribution is 2.11. The van der Waals surface area contributed by atoms with E-state index in [2.05, 4.69) is 18.7 Å². The largest absolute Gasteiger partial charge is 0.396 e. The molecule has 0 radical (unpaired) electrons. The number of unbranched alkanes of at least 4 members (excludes halogenated alkanes) is 7. The van der Waals surface area contributed by atoms with E-state index in [9.17, 15) is 0 Å². The molecule has 0 unspecified atom stereocenters. The monoisotopic (exact) mass is 232 g/mol. The molecular formula is C13H28OS. The van der Waals surface area contributed by atoms with Crippen LogP contribution < -0.4 is 0 Å². The minimum absolute atomic E-state index is 0.366. The first-order chi connectivity index (χ1) is 7.41. The number of thioether (sulfide) groups is 1. The lowest BCUT2D eigenvalue weighted by Crippen LogP contribution is -1.87. The van der Waals surface area contributed by atoms with Crippen LogP contribution in [0.2, 0.25) is 0 Å². The Morgan fingerprint density at radius 3 is 1.80 bits per heavy atom. The fourth-order valence-corrected chi connectivity index (χ4v) is 2.60. The number of hydrogen-bond donors (Lipinski definition) is 1. The number of aliphatic hydroxyl groups excluding tert-OH is 1. The van der Waals surface area contributed by atoms with Gasteiger partial charge in [-0.15, -0.1) is 0 Å². The minimum atomic E-state index is 0.366. The third-order valence-electron chi connectivity index (χ3n) is 2.59. The van der Waals surface area contributed by atoms with E-state index in [1.165, 1.54) is 62.9 Å². The predicted molar refractivity (Wildman–Crippen MR) is 71.6 cm³/mol. The van der Waals surface area contributed by atoms with E-state index in [1.807, 2.05) is 0 Å². The van der Waals surface area contributed by atoms with Crippen molar-refractivity contribution < 1.29 is 5.11 Å². The molecule has 0 atom stereocenters. The third-order valence-corrected chi connectivity index (χ3v) is 3.74. The molecular weight excluding hydrogens is 204 g/mol. The van der Waals surface area contributed by atoms with Gasteiger partial charge >= 0.3 is 0 Å². The molecule has 0 rings (SSSR count). The Bertz CT molecular complexity index is 94.7. The van der Waals surface area contributed by atoms with Crippen molar-refractivity contribution in [2.45, 2.75) is 64.7 Å². The van der Waals surface area contributed by atoms with Crippen LogP contribution in [-0.2, 0) is 0 Å². The van der Waals surface area contributed by atoms with Crippen LogP contribution in [0, 0.1) is 0 Å². The summed E-state index contributed by atoms with van der Waals surface area (Å²) in [7, 11) is 0. The second-order valence-corrected chi connectivity index (χ2v) is 5.39. The summed E-state index contributed by atoms with van der Waals surface area (Å²) in [6, 6.07) is 0. The maximum Gasteiger partial charge on any atom is 0.0431 e. The summed E-state index contributed by atoms with van der Waals surface area (Å²) < 4.78 is 0.